The van der Waals surface area contributed by atoms with Crippen LogP contribution in [0, 0.1) is 6.92 Å². The van der Waals surface area contributed by atoms with E-state index in [-0.39, 0.29) is 12.5 Å². The Labute approximate surface area is 154 Å². The third-order valence-electron chi connectivity index (χ3n) is 3.48. The summed E-state index contributed by atoms with van der Waals surface area (Å²) >= 11 is 7.43. The highest BCUT2D eigenvalue weighted by Gasteiger charge is 2.07. The molecule has 1 aromatic heterocycles. The van der Waals surface area contributed by atoms with E-state index in [1.807, 2.05) is 36.6 Å². The number of aryl methyl sites for hydroxylation is 1. The van der Waals surface area contributed by atoms with Crippen LogP contribution in [0.2, 0.25) is 5.02 Å². The zero-order valence-corrected chi connectivity index (χ0v) is 15.0. The van der Waals surface area contributed by atoms with Gasteiger partial charge in [0.1, 0.15) is 5.75 Å². The summed E-state index contributed by atoms with van der Waals surface area (Å²) < 4.78 is 5.56. The average Bonchev–Trinajstić information content (AvgIpc) is 3.03. The molecule has 0 saturated carbocycles. The molecule has 3 N–H and O–H groups in total. The van der Waals surface area contributed by atoms with E-state index >= 15 is 0 Å². The third-order valence-corrected chi connectivity index (χ3v) is 4.56. The normalized spacial score (nSPS) is 10.5. The van der Waals surface area contributed by atoms with Crippen LogP contribution in [0.25, 0.3) is 11.3 Å². The average molecular weight is 374 g/mol. The Morgan fingerprint density at radius 3 is 2.88 bits per heavy atom. The van der Waals surface area contributed by atoms with Gasteiger partial charge < -0.3 is 15.8 Å². The van der Waals surface area contributed by atoms with Crippen LogP contribution in [0.5, 0.6) is 5.75 Å². The number of amides is 1. The van der Waals surface area contributed by atoms with Crippen LogP contribution >= 0.6 is 22.9 Å². The van der Waals surface area contributed by atoms with Crippen molar-refractivity contribution in [2.75, 3.05) is 17.7 Å². The number of hydrogen-bond donors (Lipinski definition) is 2. The summed E-state index contributed by atoms with van der Waals surface area (Å²) in [6.07, 6.45) is 0. The fraction of sp³-hybridized carbons (Fsp3) is 0.111. The molecule has 5 nitrogen and oxygen atoms in total. The van der Waals surface area contributed by atoms with E-state index in [1.54, 1.807) is 18.2 Å². The fourth-order valence-electron chi connectivity index (χ4n) is 2.18. The molecule has 0 fully saturated rings. The second kappa shape index (κ2) is 7.55. The van der Waals surface area contributed by atoms with Gasteiger partial charge in [0.05, 0.1) is 5.69 Å². The summed E-state index contributed by atoms with van der Waals surface area (Å²) in [6, 6.07) is 12.7. The highest BCUT2D eigenvalue weighted by atomic mass is 35.5. The van der Waals surface area contributed by atoms with Crippen molar-refractivity contribution in [3.63, 3.8) is 0 Å². The van der Waals surface area contributed by atoms with Crippen LogP contribution in [0.3, 0.4) is 0 Å². The van der Waals surface area contributed by atoms with Crippen LogP contribution in [-0.2, 0) is 4.79 Å². The third kappa shape index (κ3) is 4.49. The maximum atomic E-state index is 12.0. The van der Waals surface area contributed by atoms with Crippen molar-refractivity contribution in [2.45, 2.75) is 6.92 Å². The van der Waals surface area contributed by atoms with E-state index < -0.39 is 0 Å². The second-order valence-electron chi connectivity index (χ2n) is 5.40. The SMILES string of the molecule is Cc1ccc(NC(=O)COc2cccc(-c3csc(N)n3)c2)cc1Cl. The van der Waals surface area contributed by atoms with Gasteiger partial charge in [-0.25, -0.2) is 4.98 Å². The molecule has 1 amide bonds. The molecule has 0 saturated heterocycles. The largest absolute Gasteiger partial charge is 0.484 e. The zero-order valence-electron chi connectivity index (χ0n) is 13.5. The van der Waals surface area contributed by atoms with Gasteiger partial charge in [-0.05, 0) is 36.8 Å². The topological polar surface area (TPSA) is 77.2 Å². The number of anilines is 2. The van der Waals surface area contributed by atoms with Crippen molar-refractivity contribution in [2.24, 2.45) is 0 Å². The lowest BCUT2D eigenvalue weighted by Gasteiger charge is -2.09. The monoisotopic (exact) mass is 373 g/mol. The van der Waals surface area contributed by atoms with Crippen LogP contribution < -0.4 is 15.8 Å². The quantitative estimate of drug-likeness (QED) is 0.696. The van der Waals surface area contributed by atoms with Gasteiger partial charge in [0.2, 0.25) is 0 Å². The maximum Gasteiger partial charge on any atom is 0.262 e. The maximum absolute atomic E-state index is 12.0. The molecular weight excluding hydrogens is 358 g/mol. The van der Waals surface area contributed by atoms with Gasteiger partial charge in [-0.1, -0.05) is 29.8 Å². The molecule has 0 radical (unpaired) electrons. The van der Waals surface area contributed by atoms with Gasteiger partial charge in [0.25, 0.3) is 5.91 Å². The molecule has 0 aliphatic heterocycles. The van der Waals surface area contributed by atoms with Crippen LogP contribution in [0.4, 0.5) is 10.8 Å². The lowest BCUT2D eigenvalue weighted by atomic mass is 10.2. The summed E-state index contributed by atoms with van der Waals surface area (Å²) in [7, 11) is 0. The molecule has 128 valence electrons. The lowest BCUT2D eigenvalue weighted by Crippen LogP contribution is -2.20. The van der Waals surface area contributed by atoms with Crippen molar-refractivity contribution < 1.29 is 9.53 Å². The van der Waals surface area contributed by atoms with E-state index in [0.717, 1.165) is 16.8 Å². The minimum atomic E-state index is -0.261. The number of aromatic nitrogens is 1. The summed E-state index contributed by atoms with van der Waals surface area (Å²) in [5.41, 5.74) is 8.92. The predicted octanol–water partition coefficient (Wildman–Crippen LogP) is 4.37. The molecule has 2 aromatic carbocycles. The first-order valence-corrected chi connectivity index (χ1v) is 8.77. The predicted molar refractivity (Wildman–Crippen MR) is 102 cm³/mol. The minimum Gasteiger partial charge on any atom is -0.484 e. The van der Waals surface area contributed by atoms with Gasteiger partial charge >= 0.3 is 0 Å². The van der Waals surface area contributed by atoms with E-state index in [1.165, 1.54) is 11.3 Å². The van der Waals surface area contributed by atoms with Crippen molar-refractivity contribution >= 4 is 39.7 Å². The molecule has 25 heavy (non-hydrogen) atoms. The van der Waals surface area contributed by atoms with Crippen molar-refractivity contribution in [3.8, 4) is 17.0 Å². The molecule has 0 aliphatic carbocycles. The Kier molecular flexibility index (Phi) is 5.21. The number of thiazole rings is 1. The van der Waals surface area contributed by atoms with Gasteiger partial charge in [0.15, 0.2) is 11.7 Å². The molecule has 0 unspecified atom stereocenters. The number of nitrogen functional groups attached to an aromatic ring is 1. The molecule has 3 rings (SSSR count). The number of benzene rings is 2. The number of ether oxygens (including phenoxy) is 1. The number of rotatable bonds is 5. The van der Waals surface area contributed by atoms with E-state index in [0.29, 0.717) is 21.6 Å². The second-order valence-corrected chi connectivity index (χ2v) is 6.70. The molecule has 3 aromatic rings. The smallest absolute Gasteiger partial charge is 0.262 e. The minimum absolute atomic E-state index is 0.103. The van der Waals surface area contributed by atoms with Crippen LogP contribution in [-0.4, -0.2) is 17.5 Å². The molecule has 1 heterocycles. The summed E-state index contributed by atoms with van der Waals surface area (Å²) in [5, 5.41) is 5.75. The standard InChI is InChI=1S/C18H16ClN3O2S/c1-11-5-6-13(8-15(11)19)21-17(23)9-24-14-4-2-3-12(7-14)16-10-25-18(20)22-16/h2-8,10H,9H2,1H3,(H2,20,22)(H,21,23). The highest BCUT2D eigenvalue weighted by Crippen LogP contribution is 2.26. The first kappa shape index (κ1) is 17.3. The number of hydrogen-bond acceptors (Lipinski definition) is 5. The molecule has 0 spiro atoms. The number of carbonyl (C=O) groups excluding carboxylic acids is 1. The van der Waals surface area contributed by atoms with Crippen LogP contribution in [0.15, 0.2) is 47.8 Å². The molecular formula is C18H16ClN3O2S. The number of nitrogens with two attached hydrogens (primary N) is 1. The van der Waals surface area contributed by atoms with Crippen molar-refractivity contribution in [1.82, 2.24) is 4.98 Å². The highest BCUT2D eigenvalue weighted by molar-refractivity contribution is 7.13. The Bertz CT molecular complexity index is 911. The molecule has 0 atom stereocenters. The van der Waals surface area contributed by atoms with Gasteiger partial charge in [-0.3, -0.25) is 4.79 Å². The lowest BCUT2D eigenvalue weighted by molar-refractivity contribution is -0.118. The fourth-order valence-corrected chi connectivity index (χ4v) is 2.93. The van der Waals surface area contributed by atoms with E-state index in [4.69, 9.17) is 22.1 Å². The molecule has 0 bridgehead atoms. The van der Waals surface area contributed by atoms with Gasteiger partial charge in [-0.2, -0.15) is 0 Å². The molecule has 0 aliphatic rings. The number of halogens is 1. The van der Waals surface area contributed by atoms with E-state index in [2.05, 4.69) is 10.3 Å². The first-order valence-electron chi connectivity index (χ1n) is 7.51. The zero-order chi connectivity index (χ0) is 17.8. The number of nitrogens with one attached hydrogen (secondary N) is 1. The van der Waals surface area contributed by atoms with Gasteiger partial charge in [-0.15, -0.1) is 11.3 Å². The number of carbonyl (C=O) groups is 1. The Balaban J connectivity index is 1.61. The Morgan fingerprint density at radius 2 is 2.16 bits per heavy atom. The van der Waals surface area contributed by atoms with Crippen molar-refractivity contribution in [3.05, 3.63) is 58.4 Å². The Morgan fingerprint density at radius 1 is 1.32 bits per heavy atom. The van der Waals surface area contributed by atoms with Crippen molar-refractivity contribution in [1.29, 1.82) is 0 Å². The van der Waals surface area contributed by atoms with Crippen LogP contribution in [0.1, 0.15) is 5.56 Å². The Hall–Kier alpha value is -2.57. The summed E-state index contributed by atoms with van der Waals surface area (Å²) in [4.78, 5) is 16.3. The molecule has 7 heteroatoms. The van der Waals surface area contributed by atoms with Gasteiger partial charge in [0, 0.05) is 21.7 Å². The summed E-state index contributed by atoms with van der Waals surface area (Å²) in [5.74, 6) is 0.324. The van der Waals surface area contributed by atoms with E-state index in [9.17, 15) is 4.79 Å². The first-order chi connectivity index (χ1) is 12.0. The summed E-state index contributed by atoms with van der Waals surface area (Å²) in [6.45, 7) is 1.80. The number of nitrogens with zero attached hydrogens (tertiary/aromatic N) is 1.